The Morgan fingerprint density at radius 2 is 1.47 bits per heavy atom. The molecular weight excluding hydrogens is 638 g/mol. The number of esters is 1. The zero-order valence-corrected chi connectivity index (χ0v) is 28.2. The molecule has 0 saturated carbocycles. The van der Waals surface area contributed by atoms with Crippen LogP contribution in [0.5, 0.6) is 5.75 Å². The summed E-state index contributed by atoms with van der Waals surface area (Å²) >= 11 is 0. The maximum atomic E-state index is 13.0. The van der Waals surface area contributed by atoms with E-state index < -0.39 is 10.9 Å². The third-order valence-electron chi connectivity index (χ3n) is 8.07. The number of halogens is 1. The fourth-order valence-electron chi connectivity index (χ4n) is 5.10. The van der Waals surface area contributed by atoms with Gasteiger partial charge in [0.05, 0.1) is 35.7 Å². The molecule has 1 amide bonds. The van der Waals surface area contributed by atoms with Gasteiger partial charge in [-0.2, -0.15) is 0 Å². The number of amides is 1. The van der Waals surface area contributed by atoms with Gasteiger partial charge in [0.1, 0.15) is 25.4 Å². The first-order valence-electron chi connectivity index (χ1n) is 15.7. The van der Waals surface area contributed by atoms with Crippen LogP contribution in [0, 0.1) is 10.1 Å². The van der Waals surface area contributed by atoms with Crippen molar-refractivity contribution in [2.45, 2.75) is 65.8 Å². The smallest absolute Gasteiger partial charge is 0.338 e. The van der Waals surface area contributed by atoms with Gasteiger partial charge < -0.3 is 36.3 Å². The average Bonchev–Trinajstić information content (AvgIpc) is 3.04. The third kappa shape index (κ3) is 11.9. The summed E-state index contributed by atoms with van der Waals surface area (Å²) in [5.74, 6) is -0.155. The zero-order chi connectivity index (χ0) is 31.8. The molecule has 3 aromatic rings. The summed E-state index contributed by atoms with van der Waals surface area (Å²) in [6, 6.07) is 20.4. The maximum Gasteiger partial charge on any atom is 0.338 e. The first kappa shape index (κ1) is 37.4. The minimum absolute atomic E-state index is 0. The van der Waals surface area contributed by atoms with Gasteiger partial charge in [-0.05, 0) is 68.8 Å². The number of non-ortho nitro benzene ring substituents is 1. The standard InChI is InChI=1S/C35H45N3O6.BrH/c1-4-7-8-9-10-13-25-43-33-15-12-11-14-32(33)34(39)36-30-20-18-29(19-21-30)35(40)44-26-24-38(5-2,6-3)27-28-16-22-31(23-17-28)37(41)42;/h11-12,14-23H,4-10,13,24-27H2,1-3H3;1H. The number of nitro groups is 1. The van der Waals surface area contributed by atoms with E-state index in [9.17, 15) is 19.7 Å². The van der Waals surface area contributed by atoms with Gasteiger partial charge in [0, 0.05) is 23.4 Å². The van der Waals surface area contributed by atoms with E-state index in [4.69, 9.17) is 9.47 Å². The summed E-state index contributed by atoms with van der Waals surface area (Å²) in [5.41, 5.74) is 2.48. The second kappa shape index (κ2) is 19.6. The van der Waals surface area contributed by atoms with E-state index in [1.807, 2.05) is 18.2 Å². The van der Waals surface area contributed by atoms with Gasteiger partial charge in [-0.25, -0.2) is 4.79 Å². The minimum Gasteiger partial charge on any atom is -1.00 e. The van der Waals surface area contributed by atoms with Crippen LogP contribution in [-0.2, 0) is 11.3 Å². The van der Waals surface area contributed by atoms with E-state index in [0.29, 0.717) is 46.7 Å². The Morgan fingerprint density at radius 1 is 0.822 bits per heavy atom. The maximum absolute atomic E-state index is 13.0. The predicted octanol–water partition coefficient (Wildman–Crippen LogP) is 4.80. The van der Waals surface area contributed by atoms with Crippen LogP contribution in [0.2, 0.25) is 0 Å². The minimum atomic E-state index is -0.433. The number of para-hydroxylation sites is 1. The van der Waals surface area contributed by atoms with Crippen LogP contribution in [0.25, 0.3) is 0 Å². The van der Waals surface area contributed by atoms with Gasteiger partial charge in [-0.1, -0.05) is 51.2 Å². The SMILES string of the molecule is CCCCCCCCOc1ccccc1C(=O)Nc1ccc(C(=O)OCC[N+](CC)(CC)Cc2ccc([N+](=O)[O-])cc2)cc1.[Br-]. The second-order valence-electron chi connectivity index (χ2n) is 11.1. The summed E-state index contributed by atoms with van der Waals surface area (Å²) in [4.78, 5) is 36.3. The molecule has 0 bridgehead atoms. The molecule has 45 heavy (non-hydrogen) atoms. The highest BCUT2D eigenvalue weighted by Gasteiger charge is 2.25. The quantitative estimate of drug-likeness (QED) is 0.0640. The molecule has 0 spiro atoms. The van der Waals surface area contributed by atoms with Crippen molar-refractivity contribution in [2.75, 3.05) is 38.2 Å². The number of hydrogen-bond donors (Lipinski definition) is 1. The van der Waals surface area contributed by atoms with Crippen molar-refractivity contribution in [3.05, 3.63) is 99.6 Å². The number of hydrogen-bond acceptors (Lipinski definition) is 6. The van der Waals surface area contributed by atoms with Crippen molar-refractivity contribution in [1.82, 2.24) is 0 Å². The molecule has 3 aromatic carbocycles. The Bertz CT molecular complexity index is 1340. The topological polar surface area (TPSA) is 108 Å². The number of rotatable bonds is 19. The van der Waals surface area contributed by atoms with Crippen molar-refractivity contribution in [3.63, 3.8) is 0 Å². The van der Waals surface area contributed by atoms with E-state index in [-0.39, 0.29) is 35.2 Å². The van der Waals surface area contributed by atoms with Crippen LogP contribution in [0.1, 0.15) is 85.6 Å². The molecule has 1 N–H and O–H groups in total. The highest BCUT2D eigenvalue weighted by molar-refractivity contribution is 6.06. The molecule has 3 rings (SSSR count). The Kier molecular flexibility index (Phi) is 16.3. The second-order valence-corrected chi connectivity index (χ2v) is 11.1. The first-order chi connectivity index (χ1) is 21.3. The lowest BCUT2D eigenvalue weighted by Gasteiger charge is -2.36. The van der Waals surface area contributed by atoms with Crippen LogP contribution in [0.4, 0.5) is 11.4 Å². The van der Waals surface area contributed by atoms with Crippen LogP contribution in [-0.4, -0.2) is 54.1 Å². The number of carbonyl (C=O) groups excluding carboxylic acids is 2. The van der Waals surface area contributed by atoms with Gasteiger partial charge in [0.25, 0.3) is 11.6 Å². The molecule has 10 heteroatoms. The number of nitrogens with one attached hydrogen (secondary N) is 1. The van der Waals surface area contributed by atoms with Crippen LogP contribution < -0.4 is 27.0 Å². The number of ether oxygens (including phenoxy) is 2. The molecule has 0 aromatic heterocycles. The van der Waals surface area contributed by atoms with Gasteiger partial charge in [-0.3, -0.25) is 14.9 Å². The molecule has 0 radical (unpaired) electrons. The van der Waals surface area contributed by atoms with Crippen LogP contribution >= 0.6 is 0 Å². The van der Waals surface area contributed by atoms with Crippen molar-refractivity contribution in [3.8, 4) is 5.75 Å². The van der Waals surface area contributed by atoms with Crippen molar-refractivity contribution in [2.24, 2.45) is 0 Å². The van der Waals surface area contributed by atoms with E-state index >= 15 is 0 Å². The van der Waals surface area contributed by atoms with E-state index in [1.54, 1.807) is 42.5 Å². The van der Waals surface area contributed by atoms with Gasteiger partial charge in [0.2, 0.25) is 0 Å². The highest BCUT2D eigenvalue weighted by atomic mass is 79.9. The molecule has 0 aliphatic rings. The molecule has 0 saturated heterocycles. The molecule has 0 heterocycles. The average molecular weight is 685 g/mol. The van der Waals surface area contributed by atoms with E-state index in [2.05, 4.69) is 26.1 Å². The van der Waals surface area contributed by atoms with E-state index in [1.165, 1.54) is 37.8 Å². The third-order valence-corrected chi connectivity index (χ3v) is 8.07. The molecule has 0 fully saturated rings. The fourth-order valence-corrected chi connectivity index (χ4v) is 5.10. The Balaban J connectivity index is 0.00000705. The van der Waals surface area contributed by atoms with Gasteiger partial charge >= 0.3 is 5.97 Å². The molecule has 9 nitrogen and oxygen atoms in total. The summed E-state index contributed by atoms with van der Waals surface area (Å²) < 4.78 is 12.2. The molecule has 244 valence electrons. The Labute approximate surface area is 277 Å². The molecule has 0 unspecified atom stereocenters. The molecule has 0 atom stereocenters. The number of nitrogens with zero attached hydrogens (tertiary/aromatic N) is 2. The number of likely N-dealkylation sites (N-methyl/N-ethyl adjacent to an activating group) is 1. The molecular formula is C35H46BrN3O6. The van der Waals surface area contributed by atoms with Crippen molar-refractivity contribution < 1.29 is 45.5 Å². The van der Waals surface area contributed by atoms with Gasteiger partial charge in [0.15, 0.2) is 0 Å². The number of carbonyl (C=O) groups is 2. The van der Waals surface area contributed by atoms with Crippen LogP contribution in [0.15, 0.2) is 72.8 Å². The number of anilines is 1. The summed E-state index contributed by atoms with van der Waals surface area (Å²) in [7, 11) is 0. The first-order valence-corrected chi connectivity index (χ1v) is 15.7. The largest absolute Gasteiger partial charge is 1.00 e. The number of benzene rings is 3. The van der Waals surface area contributed by atoms with Gasteiger partial charge in [-0.15, -0.1) is 0 Å². The monoisotopic (exact) mass is 683 g/mol. The fraction of sp³-hybridized carbons (Fsp3) is 0.429. The highest BCUT2D eigenvalue weighted by Crippen LogP contribution is 2.22. The molecule has 0 aliphatic heterocycles. The summed E-state index contributed by atoms with van der Waals surface area (Å²) in [6.07, 6.45) is 6.99. The zero-order valence-electron chi connectivity index (χ0n) is 26.6. The summed E-state index contributed by atoms with van der Waals surface area (Å²) in [6.45, 7) is 10.1. The number of quaternary nitrogens is 1. The van der Waals surface area contributed by atoms with Crippen molar-refractivity contribution in [1.29, 1.82) is 0 Å². The number of unbranched alkanes of at least 4 members (excludes halogenated alkanes) is 5. The lowest BCUT2D eigenvalue weighted by molar-refractivity contribution is -0.937. The normalized spacial score (nSPS) is 10.9. The van der Waals surface area contributed by atoms with Crippen molar-refractivity contribution >= 4 is 23.3 Å². The Morgan fingerprint density at radius 3 is 2.11 bits per heavy atom. The van der Waals surface area contributed by atoms with E-state index in [0.717, 1.165) is 31.5 Å². The molecule has 0 aliphatic carbocycles. The lowest BCUT2D eigenvalue weighted by Crippen LogP contribution is -3.00. The van der Waals surface area contributed by atoms with Crippen LogP contribution in [0.3, 0.4) is 0 Å². The predicted molar refractivity (Wildman–Crippen MR) is 173 cm³/mol. The summed E-state index contributed by atoms with van der Waals surface area (Å²) in [5, 5.41) is 13.9. The number of nitro benzene ring substituents is 1. The lowest BCUT2D eigenvalue weighted by atomic mass is 10.1. The Hall–Kier alpha value is -3.76.